The molecule has 14 heavy (non-hydrogen) atoms. The van der Waals surface area contributed by atoms with Crippen LogP contribution in [0.25, 0.3) is 0 Å². The van der Waals surface area contributed by atoms with Crippen molar-refractivity contribution in [3.05, 3.63) is 0 Å². The van der Waals surface area contributed by atoms with Gasteiger partial charge in [-0.2, -0.15) is 0 Å². The zero-order valence-corrected chi connectivity index (χ0v) is 10.2. The van der Waals surface area contributed by atoms with Crippen LogP contribution >= 0.6 is 0 Å². The standard InChI is InChI=1S/C13H26O/c1-10(2)5-7-13(14)8-6-11(3)12(4)9-13/h10-12,14H,5-9H2,1-4H3. The van der Waals surface area contributed by atoms with Gasteiger partial charge in [0.25, 0.3) is 0 Å². The van der Waals surface area contributed by atoms with Gasteiger partial charge in [-0.3, -0.25) is 0 Å². The molecular formula is C13H26O. The summed E-state index contributed by atoms with van der Waals surface area (Å²) in [5.41, 5.74) is -0.337. The summed E-state index contributed by atoms with van der Waals surface area (Å²) in [4.78, 5) is 0. The highest BCUT2D eigenvalue weighted by Crippen LogP contribution is 2.39. The van der Waals surface area contributed by atoms with E-state index in [0.29, 0.717) is 11.8 Å². The fraction of sp³-hybridized carbons (Fsp3) is 1.00. The molecule has 3 unspecified atom stereocenters. The van der Waals surface area contributed by atoms with Gasteiger partial charge in [-0.25, -0.2) is 0 Å². The molecule has 1 aliphatic rings. The van der Waals surface area contributed by atoms with Crippen LogP contribution in [0.2, 0.25) is 0 Å². The Morgan fingerprint density at radius 3 is 2.43 bits per heavy atom. The van der Waals surface area contributed by atoms with Crippen molar-refractivity contribution >= 4 is 0 Å². The van der Waals surface area contributed by atoms with E-state index in [9.17, 15) is 5.11 Å². The summed E-state index contributed by atoms with van der Waals surface area (Å²) >= 11 is 0. The maximum absolute atomic E-state index is 10.4. The van der Waals surface area contributed by atoms with Gasteiger partial charge < -0.3 is 5.11 Å². The second kappa shape index (κ2) is 4.65. The Kier molecular flexibility index (Phi) is 4.00. The Morgan fingerprint density at radius 1 is 1.29 bits per heavy atom. The first-order valence-electron chi connectivity index (χ1n) is 6.15. The average molecular weight is 198 g/mol. The third kappa shape index (κ3) is 3.27. The van der Waals surface area contributed by atoms with Crippen LogP contribution in [0.15, 0.2) is 0 Å². The van der Waals surface area contributed by atoms with E-state index in [1.807, 2.05) is 0 Å². The van der Waals surface area contributed by atoms with Crippen molar-refractivity contribution in [1.29, 1.82) is 0 Å². The van der Waals surface area contributed by atoms with E-state index in [2.05, 4.69) is 27.7 Å². The van der Waals surface area contributed by atoms with Gasteiger partial charge in [0.05, 0.1) is 5.60 Å². The van der Waals surface area contributed by atoms with Crippen molar-refractivity contribution in [2.45, 2.75) is 65.4 Å². The van der Waals surface area contributed by atoms with E-state index in [-0.39, 0.29) is 5.60 Å². The van der Waals surface area contributed by atoms with Gasteiger partial charge in [0.15, 0.2) is 0 Å². The summed E-state index contributed by atoms with van der Waals surface area (Å²) in [6, 6.07) is 0. The Labute approximate surface area is 88.9 Å². The van der Waals surface area contributed by atoms with Crippen LogP contribution in [0.1, 0.15) is 59.8 Å². The van der Waals surface area contributed by atoms with Crippen LogP contribution in [-0.2, 0) is 0 Å². The number of rotatable bonds is 3. The van der Waals surface area contributed by atoms with Crippen molar-refractivity contribution in [1.82, 2.24) is 0 Å². The second-order valence-corrected chi connectivity index (χ2v) is 5.85. The van der Waals surface area contributed by atoms with Gasteiger partial charge in [-0.05, 0) is 49.9 Å². The molecule has 3 atom stereocenters. The van der Waals surface area contributed by atoms with Crippen LogP contribution < -0.4 is 0 Å². The predicted octanol–water partition coefficient (Wildman–Crippen LogP) is 3.61. The molecule has 0 aromatic rings. The van der Waals surface area contributed by atoms with Crippen molar-refractivity contribution < 1.29 is 5.11 Å². The molecule has 1 aliphatic carbocycles. The van der Waals surface area contributed by atoms with E-state index in [1.165, 1.54) is 6.42 Å². The molecule has 0 saturated heterocycles. The molecule has 1 N–H and O–H groups in total. The summed E-state index contributed by atoms with van der Waals surface area (Å²) in [5, 5.41) is 10.4. The molecule has 1 fully saturated rings. The molecule has 84 valence electrons. The summed E-state index contributed by atoms with van der Waals surface area (Å²) in [6.07, 6.45) is 5.40. The summed E-state index contributed by atoms with van der Waals surface area (Å²) in [7, 11) is 0. The Bertz CT molecular complexity index is 176. The summed E-state index contributed by atoms with van der Waals surface area (Å²) < 4.78 is 0. The predicted molar refractivity (Wildman–Crippen MR) is 61.2 cm³/mol. The van der Waals surface area contributed by atoms with Crippen LogP contribution in [-0.4, -0.2) is 10.7 Å². The largest absolute Gasteiger partial charge is 0.390 e. The third-order valence-electron chi connectivity index (χ3n) is 3.93. The topological polar surface area (TPSA) is 20.2 Å². The molecule has 0 aliphatic heterocycles. The second-order valence-electron chi connectivity index (χ2n) is 5.85. The molecule has 0 bridgehead atoms. The van der Waals surface area contributed by atoms with Gasteiger partial charge >= 0.3 is 0 Å². The van der Waals surface area contributed by atoms with E-state index < -0.39 is 0 Å². The Morgan fingerprint density at radius 2 is 1.93 bits per heavy atom. The van der Waals surface area contributed by atoms with Crippen molar-refractivity contribution in [3.8, 4) is 0 Å². The summed E-state index contributed by atoms with van der Waals surface area (Å²) in [6.45, 7) is 9.06. The van der Waals surface area contributed by atoms with Gasteiger partial charge in [0.2, 0.25) is 0 Å². The minimum Gasteiger partial charge on any atom is -0.390 e. The molecule has 0 amide bonds. The smallest absolute Gasteiger partial charge is 0.0650 e. The van der Waals surface area contributed by atoms with Crippen LogP contribution in [0.3, 0.4) is 0 Å². The van der Waals surface area contributed by atoms with E-state index in [0.717, 1.165) is 31.6 Å². The average Bonchev–Trinajstić information content (AvgIpc) is 2.09. The number of hydrogen-bond donors (Lipinski definition) is 1. The Balaban J connectivity index is 2.41. The van der Waals surface area contributed by atoms with Crippen LogP contribution in [0.5, 0.6) is 0 Å². The van der Waals surface area contributed by atoms with Gasteiger partial charge in [-0.15, -0.1) is 0 Å². The maximum Gasteiger partial charge on any atom is 0.0650 e. The minimum absolute atomic E-state index is 0.337. The molecule has 1 rings (SSSR count). The van der Waals surface area contributed by atoms with Gasteiger partial charge in [-0.1, -0.05) is 27.7 Å². The molecule has 0 aromatic heterocycles. The molecule has 0 aromatic carbocycles. The molecule has 0 radical (unpaired) electrons. The van der Waals surface area contributed by atoms with Crippen molar-refractivity contribution in [2.24, 2.45) is 17.8 Å². The van der Waals surface area contributed by atoms with Crippen LogP contribution in [0, 0.1) is 17.8 Å². The molecule has 0 spiro atoms. The van der Waals surface area contributed by atoms with Crippen molar-refractivity contribution in [2.75, 3.05) is 0 Å². The summed E-state index contributed by atoms with van der Waals surface area (Å²) in [5.74, 6) is 2.21. The van der Waals surface area contributed by atoms with Gasteiger partial charge in [0.1, 0.15) is 0 Å². The third-order valence-corrected chi connectivity index (χ3v) is 3.93. The molecule has 0 heterocycles. The normalized spacial score (nSPS) is 39.0. The first-order chi connectivity index (χ1) is 6.43. The first kappa shape index (κ1) is 12.0. The van der Waals surface area contributed by atoms with E-state index in [4.69, 9.17) is 0 Å². The lowest BCUT2D eigenvalue weighted by atomic mass is 9.71. The quantitative estimate of drug-likeness (QED) is 0.734. The lowest BCUT2D eigenvalue weighted by Gasteiger charge is -2.39. The SMILES string of the molecule is CC(C)CCC1(O)CCC(C)C(C)C1. The molecule has 1 saturated carbocycles. The van der Waals surface area contributed by atoms with Crippen LogP contribution in [0.4, 0.5) is 0 Å². The zero-order chi connectivity index (χ0) is 10.8. The molecule has 1 heteroatoms. The number of hydrogen-bond acceptors (Lipinski definition) is 1. The van der Waals surface area contributed by atoms with E-state index >= 15 is 0 Å². The maximum atomic E-state index is 10.4. The molecular weight excluding hydrogens is 172 g/mol. The number of aliphatic hydroxyl groups is 1. The highest BCUT2D eigenvalue weighted by molar-refractivity contribution is 4.87. The highest BCUT2D eigenvalue weighted by atomic mass is 16.3. The monoisotopic (exact) mass is 198 g/mol. The lowest BCUT2D eigenvalue weighted by Crippen LogP contribution is -2.37. The van der Waals surface area contributed by atoms with E-state index in [1.54, 1.807) is 0 Å². The fourth-order valence-electron chi connectivity index (χ4n) is 2.47. The molecule has 1 nitrogen and oxygen atoms in total. The lowest BCUT2D eigenvalue weighted by molar-refractivity contribution is -0.0383. The van der Waals surface area contributed by atoms with Gasteiger partial charge in [0, 0.05) is 0 Å². The fourth-order valence-corrected chi connectivity index (χ4v) is 2.47. The minimum atomic E-state index is -0.337. The Hall–Kier alpha value is -0.0400. The van der Waals surface area contributed by atoms with Crippen molar-refractivity contribution in [3.63, 3.8) is 0 Å². The highest BCUT2D eigenvalue weighted by Gasteiger charge is 2.35. The first-order valence-corrected chi connectivity index (χ1v) is 6.15. The zero-order valence-electron chi connectivity index (χ0n) is 10.2.